The highest BCUT2D eigenvalue weighted by Gasteiger charge is 2.17. The molecule has 6 heteroatoms. The summed E-state index contributed by atoms with van der Waals surface area (Å²) < 4.78 is 1.60. The molecule has 1 aromatic heterocycles. The van der Waals surface area contributed by atoms with Crippen LogP contribution in [0.3, 0.4) is 0 Å². The van der Waals surface area contributed by atoms with Crippen LogP contribution in [0.5, 0.6) is 0 Å². The molecule has 0 N–H and O–H groups in total. The van der Waals surface area contributed by atoms with Crippen LogP contribution in [0.4, 0.5) is 0 Å². The number of nitriles is 1. The van der Waals surface area contributed by atoms with E-state index in [0.717, 1.165) is 11.3 Å². The van der Waals surface area contributed by atoms with E-state index in [1.54, 1.807) is 22.8 Å². The second-order valence-electron chi connectivity index (χ2n) is 5.86. The van der Waals surface area contributed by atoms with Gasteiger partial charge in [0.1, 0.15) is 0 Å². The molecule has 3 aromatic rings. The molecular weight excluding hydrogens is 354 g/mol. The molecule has 0 aliphatic carbocycles. The zero-order valence-corrected chi connectivity index (χ0v) is 15.4. The Morgan fingerprint density at radius 1 is 1.28 bits per heavy atom. The van der Waals surface area contributed by atoms with Crippen LogP contribution in [0, 0.1) is 11.3 Å². The Hall–Kier alpha value is -2.29. The molecule has 0 unspecified atom stereocenters. The first-order valence-corrected chi connectivity index (χ1v) is 9.20. The number of hydrogen-bond acceptors (Lipinski definition) is 4. The molecular formula is C19H16ClN3OS. The number of benzene rings is 2. The van der Waals surface area contributed by atoms with Crippen LogP contribution < -0.4 is 5.56 Å². The van der Waals surface area contributed by atoms with Crippen LogP contribution in [0.1, 0.15) is 25.3 Å². The molecule has 0 radical (unpaired) electrons. The summed E-state index contributed by atoms with van der Waals surface area (Å²) in [5, 5.41) is 10.5. The molecule has 4 nitrogen and oxygen atoms in total. The normalized spacial score (nSPS) is 11.0. The third-order valence-electron chi connectivity index (χ3n) is 3.87. The zero-order valence-electron chi connectivity index (χ0n) is 13.9. The van der Waals surface area contributed by atoms with Crippen LogP contribution in [-0.4, -0.2) is 15.3 Å². The highest BCUT2D eigenvalue weighted by atomic mass is 35.5. The van der Waals surface area contributed by atoms with Crippen molar-refractivity contribution >= 4 is 34.3 Å². The predicted molar refractivity (Wildman–Crippen MR) is 103 cm³/mol. The highest BCUT2D eigenvalue weighted by Crippen LogP contribution is 2.27. The quantitative estimate of drug-likeness (QED) is 0.490. The molecule has 2 aromatic carbocycles. The first kappa shape index (κ1) is 17.5. The van der Waals surface area contributed by atoms with Gasteiger partial charge in [0, 0.05) is 5.02 Å². The summed E-state index contributed by atoms with van der Waals surface area (Å²) in [6, 6.07) is 14.9. The van der Waals surface area contributed by atoms with E-state index in [2.05, 4.69) is 24.9 Å². The largest absolute Gasteiger partial charge is 0.268 e. The van der Waals surface area contributed by atoms with E-state index in [0.29, 0.717) is 21.1 Å². The van der Waals surface area contributed by atoms with E-state index in [4.69, 9.17) is 16.9 Å². The first-order valence-electron chi connectivity index (χ1n) is 7.84. The lowest BCUT2D eigenvalue weighted by Crippen LogP contribution is -2.23. The van der Waals surface area contributed by atoms with E-state index >= 15 is 0 Å². The fraction of sp³-hybridized carbons (Fsp3) is 0.211. The Bertz CT molecular complexity index is 1040. The summed E-state index contributed by atoms with van der Waals surface area (Å²) >= 11 is 7.29. The summed E-state index contributed by atoms with van der Waals surface area (Å²) in [6.45, 7) is 4.17. The second kappa shape index (κ2) is 7.30. The Morgan fingerprint density at radius 2 is 2.04 bits per heavy atom. The molecule has 0 bridgehead atoms. The highest BCUT2D eigenvalue weighted by molar-refractivity contribution is 7.99. The molecule has 3 rings (SSSR count). The second-order valence-corrected chi connectivity index (χ2v) is 7.24. The van der Waals surface area contributed by atoms with Crippen molar-refractivity contribution in [2.24, 2.45) is 0 Å². The van der Waals surface area contributed by atoms with Crippen LogP contribution >= 0.6 is 23.4 Å². The number of thioether (sulfide) groups is 1. The van der Waals surface area contributed by atoms with Crippen molar-refractivity contribution in [3.63, 3.8) is 0 Å². The van der Waals surface area contributed by atoms with Gasteiger partial charge in [-0.15, -0.1) is 0 Å². The van der Waals surface area contributed by atoms with Crippen molar-refractivity contribution < 1.29 is 0 Å². The molecule has 0 atom stereocenters. The Balaban J connectivity index is 2.37. The number of rotatable bonds is 4. The minimum Gasteiger partial charge on any atom is -0.268 e. The van der Waals surface area contributed by atoms with Gasteiger partial charge in [-0.2, -0.15) is 5.26 Å². The summed E-state index contributed by atoms with van der Waals surface area (Å²) in [5.41, 5.74) is 2.23. The van der Waals surface area contributed by atoms with Crippen molar-refractivity contribution in [2.45, 2.75) is 24.9 Å². The van der Waals surface area contributed by atoms with Crippen LogP contribution in [0.15, 0.2) is 52.4 Å². The Morgan fingerprint density at radius 3 is 2.76 bits per heavy atom. The summed E-state index contributed by atoms with van der Waals surface area (Å²) in [7, 11) is 0. The first-order chi connectivity index (χ1) is 12.0. The van der Waals surface area contributed by atoms with Gasteiger partial charge in [0.2, 0.25) is 0 Å². The monoisotopic (exact) mass is 369 g/mol. The third-order valence-corrected chi connectivity index (χ3v) is 4.91. The third kappa shape index (κ3) is 3.41. The maximum Gasteiger partial charge on any atom is 0.266 e. The van der Waals surface area contributed by atoms with Crippen LogP contribution in [0.2, 0.25) is 5.02 Å². The molecule has 0 fully saturated rings. The minimum absolute atomic E-state index is 0.157. The van der Waals surface area contributed by atoms with Crippen LogP contribution in [-0.2, 0) is 0 Å². The SMILES string of the molecule is CC(C)c1ccccc1-n1c(SCC#N)nc2cc(Cl)ccc2c1=O. The molecule has 25 heavy (non-hydrogen) atoms. The van der Waals surface area contributed by atoms with Gasteiger partial charge < -0.3 is 0 Å². The van der Waals surface area contributed by atoms with Crippen molar-refractivity contribution in [2.75, 3.05) is 5.75 Å². The van der Waals surface area contributed by atoms with E-state index < -0.39 is 0 Å². The maximum absolute atomic E-state index is 13.2. The van der Waals surface area contributed by atoms with Gasteiger partial charge >= 0.3 is 0 Å². The minimum atomic E-state index is -0.157. The lowest BCUT2D eigenvalue weighted by molar-refractivity contribution is 0.781. The molecule has 0 aliphatic heterocycles. The summed E-state index contributed by atoms with van der Waals surface area (Å²) in [5.74, 6) is 0.459. The Labute approximate surface area is 155 Å². The summed E-state index contributed by atoms with van der Waals surface area (Å²) in [4.78, 5) is 17.8. The molecule has 126 valence electrons. The lowest BCUT2D eigenvalue weighted by atomic mass is 10.0. The predicted octanol–water partition coefficient (Wildman–Crippen LogP) is 4.78. The van der Waals surface area contributed by atoms with Crippen molar-refractivity contribution in [3.8, 4) is 11.8 Å². The van der Waals surface area contributed by atoms with Gasteiger partial charge in [-0.3, -0.25) is 9.36 Å². The van der Waals surface area contributed by atoms with Crippen LogP contribution in [0.25, 0.3) is 16.6 Å². The fourth-order valence-corrected chi connectivity index (χ4v) is 3.56. The maximum atomic E-state index is 13.2. The Kier molecular flexibility index (Phi) is 5.12. The van der Waals surface area contributed by atoms with E-state index in [1.165, 1.54) is 11.8 Å². The van der Waals surface area contributed by atoms with Crippen molar-refractivity contribution in [1.29, 1.82) is 5.26 Å². The van der Waals surface area contributed by atoms with Gasteiger partial charge in [0.15, 0.2) is 5.16 Å². The van der Waals surface area contributed by atoms with Crippen molar-refractivity contribution in [3.05, 3.63) is 63.4 Å². The topological polar surface area (TPSA) is 58.7 Å². The van der Waals surface area contributed by atoms with E-state index in [-0.39, 0.29) is 17.2 Å². The van der Waals surface area contributed by atoms with Gasteiger partial charge in [0.05, 0.1) is 28.4 Å². The number of fused-ring (bicyclic) bond motifs is 1. The fourth-order valence-electron chi connectivity index (χ4n) is 2.72. The zero-order chi connectivity index (χ0) is 18.0. The number of para-hydroxylation sites is 1. The number of nitrogens with zero attached hydrogens (tertiary/aromatic N) is 3. The molecule has 1 heterocycles. The molecule has 0 amide bonds. The van der Waals surface area contributed by atoms with E-state index in [9.17, 15) is 4.79 Å². The van der Waals surface area contributed by atoms with Gasteiger partial charge in [-0.25, -0.2) is 4.98 Å². The van der Waals surface area contributed by atoms with Gasteiger partial charge in [0.25, 0.3) is 5.56 Å². The smallest absolute Gasteiger partial charge is 0.266 e. The molecule has 0 saturated heterocycles. The lowest BCUT2D eigenvalue weighted by Gasteiger charge is -2.17. The molecule has 0 saturated carbocycles. The number of halogens is 1. The average Bonchev–Trinajstić information content (AvgIpc) is 2.59. The van der Waals surface area contributed by atoms with Crippen molar-refractivity contribution in [1.82, 2.24) is 9.55 Å². The molecule has 0 aliphatic rings. The molecule has 0 spiro atoms. The summed E-state index contributed by atoms with van der Waals surface area (Å²) in [6.07, 6.45) is 0. The van der Waals surface area contributed by atoms with Gasteiger partial charge in [-0.1, -0.05) is 55.4 Å². The average molecular weight is 370 g/mol. The standard InChI is InChI=1S/C19H16ClN3OS/c1-12(2)14-5-3-4-6-17(14)23-18(24)15-8-7-13(20)11-16(15)22-19(23)25-10-9-21/h3-8,11-12H,10H2,1-2H3. The van der Waals surface area contributed by atoms with E-state index in [1.807, 2.05) is 24.3 Å². The van der Waals surface area contributed by atoms with Gasteiger partial charge in [-0.05, 0) is 35.7 Å². The number of aromatic nitrogens is 2. The number of hydrogen-bond donors (Lipinski definition) is 0.